The lowest BCUT2D eigenvalue weighted by molar-refractivity contribution is -0.000000704. The van der Waals surface area contributed by atoms with Crippen LogP contribution in [0.15, 0.2) is 0 Å². The van der Waals surface area contributed by atoms with Crippen LogP contribution in [0.25, 0.3) is 0 Å². The Labute approximate surface area is 72.5 Å². The lowest BCUT2D eigenvalue weighted by Gasteiger charge is -1.38. The van der Waals surface area contributed by atoms with Gasteiger partial charge in [-0.05, 0) is 19.6 Å². The Morgan fingerprint density at radius 3 is 1.60 bits per heavy atom. The summed E-state index contributed by atoms with van der Waals surface area (Å²) in [6.45, 7) is 2.04. The summed E-state index contributed by atoms with van der Waals surface area (Å²) >= 11 is 3.18. The van der Waals surface area contributed by atoms with Crippen molar-refractivity contribution in [3.05, 3.63) is 0 Å². The SMILES string of the molecule is CC[SH2+].I.[I-]. The Bertz CT molecular complexity index is 7.61. The molecule has 5 heavy (non-hydrogen) atoms. The molecule has 0 aromatic heterocycles. The normalized spacial score (nSPS) is 3.60. The number of hydrogen-bond donors (Lipinski definition) is 0. The molecular weight excluding hydrogens is 310 g/mol. The summed E-state index contributed by atoms with van der Waals surface area (Å²) in [6, 6.07) is 0. The molecule has 0 N–H and O–H groups in total. The van der Waals surface area contributed by atoms with E-state index in [1.807, 2.05) is 6.92 Å². The van der Waals surface area contributed by atoms with E-state index in [-0.39, 0.29) is 48.0 Å². The summed E-state index contributed by atoms with van der Waals surface area (Å²) in [5.41, 5.74) is 0. The fraction of sp³-hybridized carbons (Fsp3) is 1.00. The van der Waals surface area contributed by atoms with Crippen LogP contribution in [-0.2, 0) is 12.6 Å². The first-order chi connectivity index (χ1) is 1.41. The van der Waals surface area contributed by atoms with Gasteiger partial charge in [0.05, 0.1) is 0 Å². The Balaban J connectivity index is -0.0000000200. The maximum absolute atomic E-state index is 3.18. The molecule has 0 spiro atoms. The Hall–Kier alpha value is 1.81. The second-order valence-electron chi connectivity index (χ2n) is 0.354. The number of halogens is 2. The molecule has 0 aliphatic carbocycles. The van der Waals surface area contributed by atoms with Gasteiger partial charge in [0, 0.05) is 0 Å². The molecule has 0 aliphatic rings. The van der Waals surface area contributed by atoms with Gasteiger partial charge in [-0.3, -0.25) is 0 Å². The van der Waals surface area contributed by atoms with E-state index in [9.17, 15) is 0 Å². The summed E-state index contributed by atoms with van der Waals surface area (Å²) in [4.78, 5) is 0. The van der Waals surface area contributed by atoms with Crippen LogP contribution < -0.4 is 24.0 Å². The van der Waals surface area contributed by atoms with Gasteiger partial charge in [0.25, 0.3) is 0 Å². The first-order valence-electron chi connectivity index (χ1n) is 1.06. The average molecular weight is 318 g/mol. The largest absolute Gasteiger partial charge is 1.00 e. The minimum atomic E-state index is 0. The predicted molar refractivity (Wildman–Crippen MR) is 36.1 cm³/mol. The molecule has 36 valence electrons. The van der Waals surface area contributed by atoms with Crippen molar-refractivity contribution in [2.45, 2.75) is 6.92 Å². The van der Waals surface area contributed by atoms with Gasteiger partial charge >= 0.3 is 0 Å². The highest BCUT2D eigenvalue weighted by Gasteiger charge is 1.45. The van der Waals surface area contributed by atoms with E-state index in [0.717, 1.165) is 5.75 Å². The fourth-order valence-corrected chi connectivity index (χ4v) is 0. The van der Waals surface area contributed by atoms with Crippen molar-refractivity contribution in [2.75, 3.05) is 5.75 Å². The van der Waals surface area contributed by atoms with Crippen molar-refractivity contribution in [3.8, 4) is 0 Å². The van der Waals surface area contributed by atoms with Crippen molar-refractivity contribution in [1.29, 1.82) is 0 Å². The van der Waals surface area contributed by atoms with E-state index in [2.05, 4.69) is 12.6 Å². The standard InChI is InChI=1S/C2H6S.2HI/c1-2-3;;/h3H,2H2,1H3;2*1H. The summed E-state index contributed by atoms with van der Waals surface area (Å²) < 4.78 is 0. The van der Waals surface area contributed by atoms with Crippen LogP contribution in [0, 0.1) is 0 Å². The zero-order valence-corrected chi connectivity index (χ0v) is 8.48. The zero-order valence-electron chi connectivity index (χ0n) is 2.99. The molecule has 0 unspecified atom stereocenters. The molecule has 0 atom stereocenters. The minimum Gasteiger partial charge on any atom is -1.00 e. The highest BCUT2D eigenvalue weighted by Crippen LogP contribution is 1.36. The van der Waals surface area contributed by atoms with Crippen molar-refractivity contribution >= 4 is 36.6 Å². The second kappa shape index (κ2) is 17.0. The van der Waals surface area contributed by atoms with E-state index in [1.54, 1.807) is 0 Å². The molecule has 0 aliphatic heterocycles. The van der Waals surface area contributed by atoms with Gasteiger partial charge in [-0.15, -0.1) is 24.0 Å². The lowest BCUT2D eigenvalue weighted by atomic mass is 11.0. The third-order valence-corrected chi connectivity index (χ3v) is 0. The second-order valence-corrected chi connectivity index (χ2v) is 1.06. The smallest absolute Gasteiger partial charge is 0.100 e. The molecule has 0 amide bonds. The van der Waals surface area contributed by atoms with Crippen LogP contribution in [0.3, 0.4) is 0 Å². The van der Waals surface area contributed by atoms with Crippen LogP contribution in [0.4, 0.5) is 0 Å². The molecular formula is C2H8I2S. The van der Waals surface area contributed by atoms with Crippen LogP contribution in [0.5, 0.6) is 0 Å². The van der Waals surface area contributed by atoms with E-state index in [1.165, 1.54) is 0 Å². The van der Waals surface area contributed by atoms with Crippen LogP contribution in [-0.4, -0.2) is 5.75 Å². The molecule has 0 nitrogen and oxygen atoms in total. The van der Waals surface area contributed by atoms with Gasteiger partial charge in [-0.1, -0.05) is 0 Å². The van der Waals surface area contributed by atoms with E-state index in [0.29, 0.717) is 0 Å². The van der Waals surface area contributed by atoms with Gasteiger partial charge in [0.1, 0.15) is 5.75 Å². The predicted octanol–water partition coefficient (Wildman–Crippen LogP) is -2.36. The van der Waals surface area contributed by atoms with Crippen LogP contribution in [0.1, 0.15) is 6.92 Å². The Morgan fingerprint density at radius 2 is 1.60 bits per heavy atom. The molecule has 0 aromatic carbocycles. The van der Waals surface area contributed by atoms with Gasteiger partial charge in [0.15, 0.2) is 0 Å². The third kappa shape index (κ3) is 25.7. The van der Waals surface area contributed by atoms with E-state index < -0.39 is 0 Å². The summed E-state index contributed by atoms with van der Waals surface area (Å²) in [5, 5.41) is 0. The van der Waals surface area contributed by atoms with Crippen LogP contribution in [0.2, 0.25) is 0 Å². The van der Waals surface area contributed by atoms with E-state index >= 15 is 0 Å². The quantitative estimate of drug-likeness (QED) is 0.346. The molecule has 0 saturated heterocycles. The van der Waals surface area contributed by atoms with Crippen molar-refractivity contribution in [2.24, 2.45) is 0 Å². The molecule has 0 saturated carbocycles. The topological polar surface area (TPSA) is 0 Å². The molecule has 0 bridgehead atoms. The maximum atomic E-state index is 3.18. The molecule has 3 heteroatoms. The average Bonchev–Trinajstić information content (AvgIpc) is 0.918. The van der Waals surface area contributed by atoms with E-state index in [4.69, 9.17) is 0 Å². The zero-order chi connectivity index (χ0) is 2.71. The molecule has 0 rings (SSSR count). The van der Waals surface area contributed by atoms with Crippen LogP contribution >= 0.6 is 24.0 Å². The first-order valence-corrected chi connectivity index (χ1v) is 1.77. The minimum absolute atomic E-state index is 0. The first kappa shape index (κ1) is 15.8. The maximum Gasteiger partial charge on any atom is 0.100 e. The number of rotatable bonds is 0. The highest BCUT2D eigenvalue weighted by molar-refractivity contribution is 14.0. The van der Waals surface area contributed by atoms with Gasteiger partial charge in [-0.2, -0.15) is 0 Å². The van der Waals surface area contributed by atoms with Crippen molar-refractivity contribution < 1.29 is 24.0 Å². The molecule has 0 heterocycles. The lowest BCUT2D eigenvalue weighted by Crippen LogP contribution is -3.00. The van der Waals surface area contributed by atoms with Gasteiger partial charge in [0.2, 0.25) is 0 Å². The Morgan fingerprint density at radius 1 is 1.60 bits per heavy atom. The Kier molecular flexibility index (Phi) is 53.9. The monoisotopic (exact) mass is 318 g/mol. The number of hydrogen-bond acceptors (Lipinski definition) is 0. The van der Waals surface area contributed by atoms with Crippen molar-refractivity contribution in [3.63, 3.8) is 0 Å². The fourth-order valence-electron chi connectivity index (χ4n) is 0. The summed E-state index contributed by atoms with van der Waals surface area (Å²) in [5.74, 6) is 1.06. The summed E-state index contributed by atoms with van der Waals surface area (Å²) in [7, 11) is 0. The summed E-state index contributed by atoms with van der Waals surface area (Å²) in [6.07, 6.45) is 0. The molecule has 0 radical (unpaired) electrons. The van der Waals surface area contributed by atoms with Gasteiger partial charge in [-0.25, -0.2) is 0 Å². The molecule has 0 fully saturated rings. The third-order valence-electron chi connectivity index (χ3n) is 0. The highest BCUT2D eigenvalue weighted by atomic mass is 127. The van der Waals surface area contributed by atoms with Crippen molar-refractivity contribution in [1.82, 2.24) is 0 Å². The molecule has 0 aromatic rings. The van der Waals surface area contributed by atoms with Gasteiger partial charge < -0.3 is 24.0 Å².